The fraction of sp³-hybridized carbons (Fsp3) is 0.292. The Bertz CT molecular complexity index is 1040. The molecule has 1 aromatic heterocycles. The number of nitrogens with one attached hydrogen (secondary N) is 2. The van der Waals surface area contributed by atoms with Crippen molar-refractivity contribution in [1.29, 1.82) is 0 Å². The van der Waals surface area contributed by atoms with Gasteiger partial charge in [0.2, 0.25) is 5.91 Å². The van der Waals surface area contributed by atoms with Gasteiger partial charge in [-0.2, -0.15) is 5.10 Å². The Morgan fingerprint density at radius 2 is 1.75 bits per heavy atom. The molecular weight excluding hydrogens is 409 g/mol. The summed E-state index contributed by atoms with van der Waals surface area (Å²) in [6.45, 7) is 1.23. The van der Waals surface area contributed by atoms with Gasteiger partial charge in [0.15, 0.2) is 0 Å². The molecule has 0 bridgehead atoms. The lowest BCUT2D eigenvalue weighted by Crippen LogP contribution is -2.47. The number of urea groups is 1. The van der Waals surface area contributed by atoms with Crippen LogP contribution in [0.2, 0.25) is 0 Å². The molecule has 0 radical (unpaired) electrons. The van der Waals surface area contributed by atoms with Crippen LogP contribution in [0.25, 0.3) is 5.69 Å². The first-order valence-corrected chi connectivity index (χ1v) is 10.8. The van der Waals surface area contributed by atoms with Crippen molar-refractivity contribution in [2.24, 2.45) is 0 Å². The van der Waals surface area contributed by atoms with Crippen LogP contribution < -0.4 is 10.6 Å². The third kappa shape index (κ3) is 5.72. The molecule has 0 aliphatic carbocycles. The zero-order chi connectivity index (χ0) is 22.3. The van der Waals surface area contributed by atoms with Crippen LogP contribution in [-0.2, 0) is 11.2 Å². The molecule has 0 atom stereocenters. The molecule has 4 rings (SSSR count). The summed E-state index contributed by atoms with van der Waals surface area (Å²) in [5.74, 6) is -0.232. The quantitative estimate of drug-likeness (QED) is 0.619. The van der Waals surface area contributed by atoms with E-state index in [1.165, 1.54) is 24.3 Å². The summed E-state index contributed by atoms with van der Waals surface area (Å²) in [5.41, 5.74) is 2.55. The van der Waals surface area contributed by atoms with E-state index in [0.717, 1.165) is 11.3 Å². The van der Waals surface area contributed by atoms with Crippen LogP contribution in [0, 0.1) is 5.82 Å². The smallest absolute Gasteiger partial charge is 0.319 e. The molecule has 0 saturated carbocycles. The van der Waals surface area contributed by atoms with E-state index in [0.29, 0.717) is 44.5 Å². The Labute approximate surface area is 186 Å². The van der Waals surface area contributed by atoms with Crippen molar-refractivity contribution < 1.29 is 14.0 Å². The highest BCUT2D eigenvalue weighted by atomic mass is 19.1. The van der Waals surface area contributed by atoms with Crippen molar-refractivity contribution in [3.05, 3.63) is 78.4 Å². The number of amides is 3. The summed E-state index contributed by atoms with van der Waals surface area (Å²) < 4.78 is 14.8. The lowest BCUT2D eigenvalue weighted by Gasteiger charge is -2.32. The van der Waals surface area contributed by atoms with E-state index >= 15 is 0 Å². The highest BCUT2D eigenvalue weighted by Crippen LogP contribution is 2.15. The molecule has 0 spiro atoms. The molecule has 1 aliphatic heterocycles. The summed E-state index contributed by atoms with van der Waals surface area (Å²) in [6.07, 6.45) is 6.24. The lowest BCUT2D eigenvalue weighted by atomic mass is 10.0. The van der Waals surface area contributed by atoms with Crippen LogP contribution in [0.1, 0.15) is 24.8 Å². The zero-order valence-corrected chi connectivity index (χ0v) is 17.7. The predicted octanol–water partition coefficient (Wildman–Crippen LogP) is 3.76. The maximum atomic E-state index is 13.0. The number of hydrogen-bond acceptors (Lipinski definition) is 3. The first-order chi connectivity index (χ1) is 15.6. The molecule has 1 fully saturated rings. The highest BCUT2D eigenvalue weighted by molar-refractivity contribution is 5.89. The van der Waals surface area contributed by atoms with E-state index < -0.39 is 0 Å². The van der Waals surface area contributed by atoms with E-state index in [9.17, 15) is 14.0 Å². The first kappa shape index (κ1) is 21.5. The number of carbonyl (C=O) groups excluding carboxylic acids is 2. The van der Waals surface area contributed by atoms with E-state index in [1.807, 2.05) is 46.1 Å². The van der Waals surface area contributed by atoms with Gasteiger partial charge in [0.25, 0.3) is 0 Å². The topological polar surface area (TPSA) is 79.3 Å². The summed E-state index contributed by atoms with van der Waals surface area (Å²) >= 11 is 0. The molecule has 32 heavy (non-hydrogen) atoms. The third-order valence-corrected chi connectivity index (χ3v) is 5.57. The minimum atomic E-state index is -0.349. The number of rotatable bonds is 6. The second kappa shape index (κ2) is 10.1. The Morgan fingerprint density at radius 1 is 1.03 bits per heavy atom. The molecule has 2 aromatic carbocycles. The number of likely N-dealkylation sites (tertiary alicyclic amines) is 1. The number of carbonyl (C=O) groups is 2. The van der Waals surface area contributed by atoms with Crippen LogP contribution in [-0.4, -0.2) is 45.8 Å². The van der Waals surface area contributed by atoms with Crippen molar-refractivity contribution in [1.82, 2.24) is 20.0 Å². The fourth-order valence-electron chi connectivity index (χ4n) is 3.78. The van der Waals surface area contributed by atoms with Gasteiger partial charge in [0.05, 0.1) is 11.9 Å². The van der Waals surface area contributed by atoms with Crippen molar-refractivity contribution in [3.63, 3.8) is 0 Å². The second-order valence-electron chi connectivity index (χ2n) is 7.89. The van der Waals surface area contributed by atoms with Crippen LogP contribution in [0.15, 0.2) is 67.0 Å². The summed E-state index contributed by atoms with van der Waals surface area (Å²) in [5, 5.41) is 10.00. The summed E-state index contributed by atoms with van der Waals surface area (Å²) in [7, 11) is 0. The molecule has 8 heteroatoms. The van der Waals surface area contributed by atoms with E-state index in [1.54, 1.807) is 6.20 Å². The van der Waals surface area contributed by atoms with Gasteiger partial charge in [-0.25, -0.2) is 13.9 Å². The molecule has 2 N–H and O–H groups in total. The number of anilines is 1. The predicted molar refractivity (Wildman–Crippen MR) is 120 cm³/mol. The van der Waals surface area contributed by atoms with E-state index in [-0.39, 0.29) is 23.8 Å². The Kier molecular flexibility index (Phi) is 6.79. The van der Waals surface area contributed by atoms with Crippen molar-refractivity contribution in [2.75, 3.05) is 18.4 Å². The molecular formula is C24H26FN5O2. The number of nitrogens with zero attached hydrogens (tertiary/aromatic N) is 3. The third-order valence-electron chi connectivity index (χ3n) is 5.57. The normalized spacial score (nSPS) is 14.2. The SMILES string of the molecule is O=C(Nc1ccc(F)cc1)NC1CCN(C(=O)CCc2cnn(-c3ccccc3)c2)CC1. The highest BCUT2D eigenvalue weighted by Gasteiger charge is 2.23. The van der Waals surface area contributed by atoms with Crippen LogP contribution >= 0.6 is 0 Å². The number of para-hydroxylation sites is 1. The monoisotopic (exact) mass is 435 g/mol. The lowest BCUT2D eigenvalue weighted by molar-refractivity contribution is -0.132. The molecule has 166 valence electrons. The number of benzene rings is 2. The number of hydrogen-bond donors (Lipinski definition) is 2. The van der Waals surface area contributed by atoms with Gasteiger partial charge in [-0.05, 0) is 61.2 Å². The fourth-order valence-corrected chi connectivity index (χ4v) is 3.78. The van der Waals surface area contributed by atoms with Crippen LogP contribution in [0.4, 0.5) is 14.9 Å². The number of halogens is 1. The largest absolute Gasteiger partial charge is 0.343 e. The van der Waals surface area contributed by atoms with E-state index in [4.69, 9.17) is 0 Å². The van der Waals surface area contributed by atoms with Crippen molar-refractivity contribution in [3.8, 4) is 5.69 Å². The molecule has 2 heterocycles. The molecule has 1 aliphatic rings. The van der Waals surface area contributed by atoms with E-state index in [2.05, 4.69) is 15.7 Å². The molecule has 1 saturated heterocycles. The average Bonchev–Trinajstić information content (AvgIpc) is 3.29. The maximum Gasteiger partial charge on any atom is 0.319 e. The number of aromatic nitrogens is 2. The molecule has 7 nitrogen and oxygen atoms in total. The molecule has 3 amide bonds. The Balaban J connectivity index is 1.19. The van der Waals surface area contributed by atoms with Crippen LogP contribution in [0.5, 0.6) is 0 Å². The summed E-state index contributed by atoms with van der Waals surface area (Å²) in [4.78, 5) is 26.6. The van der Waals surface area contributed by atoms with Gasteiger partial charge < -0.3 is 15.5 Å². The minimum absolute atomic E-state index is 0.00334. The van der Waals surface area contributed by atoms with Crippen molar-refractivity contribution >= 4 is 17.6 Å². The minimum Gasteiger partial charge on any atom is -0.343 e. The standard InChI is InChI=1S/C24H26FN5O2/c25-19-7-9-20(10-8-19)27-24(32)28-21-12-14-29(15-13-21)23(31)11-6-18-16-26-30(17-18)22-4-2-1-3-5-22/h1-5,7-10,16-17,21H,6,11-15H2,(H2,27,28,32). The van der Waals surface area contributed by atoms with Gasteiger partial charge in [-0.1, -0.05) is 18.2 Å². The van der Waals surface area contributed by atoms with Gasteiger partial charge in [0.1, 0.15) is 5.82 Å². The second-order valence-corrected chi connectivity index (χ2v) is 7.89. The van der Waals surface area contributed by atoms with Gasteiger partial charge >= 0.3 is 6.03 Å². The maximum absolute atomic E-state index is 13.0. The first-order valence-electron chi connectivity index (χ1n) is 10.8. The van der Waals surface area contributed by atoms with Gasteiger partial charge in [-0.15, -0.1) is 0 Å². The Morgan fingerprint density at radius 3 is 2.47 bits per heavy atom. The van der Waals surface area contributed by atoms with Gasteiger partial charge in [-0.3, -0.25) is 4.79 Å². The van der Waals surface area contributed by atoms with Crippen molar-refractivity contribution in [2.45, 2.75) is 31.7 Å². The summed E-state index contributed by atoms with van der Waals surface area (Å²) in [6, 6.07) is 15.2. The zero-order valence-electron chi connectivity index (χ0n) is 17.7. The Hall–Kier alpha value is -3.68. The van der Waals surface area contributed by atoms with Gasteiger partial charge in [0, 0.05) is 37.4 Å². The van der Waals surface area contributed by atoms with Crippen LogP contribution in [0.3, 0.4) is 0 Å². The molecule has 3 aromatic rings. The number of piperidine rings is 1. The number of aryl methyl sites for hydroxylation is 1. The molecule has 0 unspecified atom stereocenters. The average molecular weight is 436 g/mol.